The van der Waals surface area contributed by atoms with Gasteiger partial charge in [-0.15, -0.1) is 0 Å². The van der Waals surface area contributed by atoms with Gasteiger partial charge in [0.25, 0.3) is 0 Å². The van der Waals surface area contributed by atoms with E-state index in [-0.39, 0.29) is 30.2 Å². The van der Waals surface area contributed by atoms with E-state index in [2.05, 4.69) is 5.32 Å². The van der Waals surface area contributed by atoms with Crippen LogP contribution in [0.2, 0.25) is 0 Å². The van der Waals surface area contributed by atoms with E-state index >= 15 is 0 Å². The average molecular weight is 467 g/mol. The highest BCUT2D eigenvalue weighted by Gasteiger charge is 2.44. The van der Waals surface area contributed by atoms with Crippen molar-refractivity contribution < 1.29 is 32.3 Å². The van der Waals surface area contributed by atoms with Gasteiger partial charge in [-0.1, -0.05) is 19.4 Å². The molecule has 0 atom stereocenters. The lowest BCUT2D eigenvalue weighted by molar-refractivity contribution is -0.143. The Kier molecular flexibility index (Phi) is 7.26. The van der Waals surface area contributed by atoms with Crippen LogP contribution in [0.25, 0.3) is 0 Å². The van der Waals surface area contributed by atoms with Crippen molar-refractivity contribution in [3.63, 3.8) is 0 Å². The number of hydrogen-bond donors (Lipinski definition) is 1. The van der Waals surface area contributed by atoms with E-state index in [0.717, 1.165) is 11.3 Å². The van der Waals surface area contributed by atoms with Gasteiger partial charge in [-0.25, -0.2) is 18.1 Å². The van der Waals surface area contributed by atoms with E-state index in [9.17, 15) is 27.6 Å². The molecule has 1 aromatic carbocycles. The molecule has 32 heavy (non-hydrogen) atoms. The number of nitrogens with zero attached hydrogens (tertiary/aromatic N) is 3. The van der Waals surface area contributed by atoms with Crippen LogP contribution >= 0.6 is 0 Å². The second kappa shape index (κ2) is 9.76. The summed E-state index contributed by atoms with van der Waals surface area (Å²) in [5.41, 5.74) is 0.706. The normalized spacial score (nSPS) is 17.9. The zero-order chi connectivity index (χ0) is 23.5. The zero-order valence-electron chi connectivity index (χ0n) is 18.0. The first-order chi connectivity index (χ1) is 15.2. The van der Waals surface area contributed by atoms with Gasteiger partial charge in [-0.05, 0) is 31.0 Å². The zero-order valence-corrected chi connectivity index (χ0v) is 18.8. The molecular weight excluding hydrogens is 440 g/mol. The van der Waals surface area contributed by atoms with Crippen LogP contribution in [0.5, 0.6) is 0 Å². The highest BCUT2D eigenvalue weighted by Crippen LogP contribution is 2.24. The minimum atomic E-state index is -3.78. The van der Waals surface area contributed by atoms with E-state index in [0.29, 0.717) is 30.1 Å². The van der Waals surface area contributed by atoms with Crippen molar-refractivity contribution >= 4 is 39.5 Å². The number of ether oxygens (including phenoxy) is 1. The number of carbonyl (C=O) groups excluding carboxylic acids is 4. The van der Waals surface area contributed by atoms with Crippen LogP contribution in [0.3, 0.4) is 0 Å². The predicted octanol–water partition coefficient (Wildman–Crippen LogP) is 0.545. The molecule has 174 valence electrons. The maximum Gasteiger partial charge on any atom is 0.334 e. The van der Waals surface area contributed by atoms with Crippen LogP contribution in [0, 0.1) is 6.92 Å². The Hall–Kier alpha value is -2.83. The van der Waals surface area contributed by atoms with E-state index in [4.69, 9.17) is 4.74 Å². The summed E-state index contributed by atoms with van der Waals surface area (Å²) in [5.74, 6) is -2.73. The van der Waals surface area contributed by atoms with Crippen LogP contribution in [-0.4, -0.2) is 85.7 Å². The predicted molar refractivity (Wildman–Crippen MR) is 113 cm³/mol. The van der Waals surface area contributed by atoms with E-state index < -0.39 is 40.3 Å². The number of unbranched alkanes of at least 4 members (excludes halogenated alkanes) is 1. The summed E-state index contributed by atoms with van der Waals surface area (Å²) in [4.78, 5) is 50.4. The Labute approximate surface area is 186 Å². The number of morpholine rings is 1. The van der Waals surface area contributed by atoms with Gasteiger partial charge in [0.2, 0.25) is 15.9 Å². The fraction of sp³-hybridized carbons (Fsp3) is 0.500. The van der Waals surface area contributed by atoms with Crippen LogP contribution in [0.1, 0.15) is 25.3 Å². The largest absolute Gasteiger partial charge is 0.379 e. The summed E-state index contributed by atoms with van der Waals surface area (Å²) in [6.45, 7) is 4.08. The van der Waals surface area contributed by atoms with Crippen molar-refractivity contribution in [2.45, 2.75) is 31.6 Å². The Morgan fingerprint density at radius 1 is 1.09 bits per heavy atom. The maximum absolute atomic E-state index is 13.0. The fourth-order valence-corrected chi connectivity index (χ4v) is 5.09. The first-order valence-electron chi connectivity index (χ1n) is 10.3. The smallest absolute Gasteiger partial charge is 0.334 e. The lowest BCUT2D eigenvalue weighted by Crippen LogP contribution is -2.41. The minimum Gasteiger partial charge on any atom is -0.379 e. The molecule has 2 aliphatic rings. The first-order valence-corrected chi connectivity index (χ1v) is 11.8. The summed E-state index contributed by atoms with van der Waals surface area (Å²) in [5, 5.41) is 2.50. The van der Waals surface area contributed by atoms with Crippen molar-refractivity contribution in [2.24, 2.45) is 0 Å². The van der Waals surface area contributed by atoms with Gasteiger partial charge in [0, 0.05) is 25.3 Å². The summed E-state index contributed by atoms with van der Waals surface area (Å²) in [6, 6.07) is 3.59. The van der Waals surface area contributed by atoms with Crippen LogP contribution in [-0.2, 0) is 29.1 Å². The Morgan fingerprint density at radius 2 is 1.75 bits per heavy atom. The molecule has 1 aromatic rings. The molecule has 2 aliphatic heterocycles. The van der Waals surface area contributed by atoms with Gasteiger partial charge in [0.05, 0.1) is 18.1 Å². The molecule has 1 N–H and O–H groups in total. The molecule has 12 heteroatoms. The number of rotatable bonds is 8. The molecule has 0 aliphatic carbocycles. The maximum atomic E-state index is 13.0. The fourth-order valence-electron chi connectivity index (χ4n) is 3.43. The number of carbonyl (C=O) groups is 4. The third-order valence-electron chi connectivity index (χ3n) is 5.23. The highest BCUT2D eigenvalue weighted by molar-refractivity contribution is 7.89. The molecule has 3 rings (SSSR count). The summed E-state index contributed by atoms with van der Waals surface area (Å²) < 4.78 is 32.5. The van der Waals surface area contributed by atoms with Crippen molar-refractivity contribution in [3.05, 3.63) is 23.8 Å². The summed E-state index contributed by atoms with van der Waals surface area (Å²) in [7, 11) is -3.78. The lowest BCUT2D eigenvalue weighted by atomic mass is 10.2. The number of nitrogens with one attached hydrogen (secondary N) is 1. The van der Waals surface area contributed by atoms with Gasteiger partial charge in [0.1, 0.15) is 6.54 Å². The SMILES string of the molecule is CCCCN1C(=O)C(=O)N(CC(=O)Nc2ccc(C)c(S(=O)(=O)N3CCOCC3)c2)C1=O. The van der Waals surface area contributed by atoms with Crippen molar-refractivity contribution in [1.82, 2.24) is 14.1 Å². The quantitative estimate of drug-likeness (QED) is 0.437. The Balaban J connectivity index is 1.72. The van der Waals surface area contributed by atoms with Crippen molar-refractivity contribution in [1.29, 1.82) is 0 Å². The van der Waals surface area contributed by atoms with Gasteiger partial charge in [-0.3, -0.25) is 19.3 Å². The van der Waals surface area contributed by atoms with E-state index in [1.807, 2.05) is 6.92 Å². The van der Waals surface area contributed by atoms with Crippen LogP contribution in [0.15, 0.2) is 23.1 Å². The first kappa shape index (κ1) is 23.8. The second-order valence-corrected chi connectivity index (χ2v) is 9.44. The number of imide groups is 2. The van der Waals surface area contributed by atoms with Crippen LogP contribution < -0.4 is 5.32 Å². The number of hydrogen-bond acceptors (Lipinski definition) is 7. The number of anilines is 1. The van der Waals surface area contributed by atoms with Gasteiger partial charge in [0.15, 0.2) is 0 Å². The Bertz CT molecular complexity index is 1030. The number of benzene rings is 1. The second-order valence-electron chi connectivity index (χ2n) is 7.53. The monoisotopic (exact) mass is 466 g/mol. The topological polar surface area (TPSA) is 133 Å². The molecule has 11 nitrogen and oxygen atoms in total. The summed E-state index contributed by atoms with van der Waals surface area (Å²) >= 11 is 0. The molecule has 2 heterocycles. The standard InChI is InChI=1S/C20H26N4O7S/c1-3-4-7-23-18(26)19(27)24(20(23)28)13-17(25)21-15-6-5-14(2)16(12-15)32(29,30)22-8-10-31-11-9-22/h5-6,12H,3-4,7-11,13H2,1-2H3,(H,21,25). The highest BCUT2D eigenvalue weighted by atomic mass is 32.2. The molecule has 5 amide bonds. The molecule has 0 spiro atoms. The van der Waals surface area contributed by atoms with Gasteiger partial charge in [-0.2, -0.15) is 4.31 Å². The number of sulfonamides is 1. The number of aryl methyl sites for hydroxylation is 1. The van der Waals surface area contributed by atoms with Gasteiger partial charge < -0.3 is 10.1 Å². The molecule has 0 unspecified atom stereocenters. The molecule has 0 radical (unpaired) electrons. The average Bonchev–Trinajstić information content (AvgIpc) is 2.97. The van der Waals surface area contributed by atoms with Gasteiger partial charge >= 0.3 is 17.8 Å². The van der Waals surface area contributed by atoms with E-state index in [1.54, 1.807) is 13.0 Å². The lowest BCUT2D eigenvalue weighted by Gasteiger charge is -2.27. The summed E-state index contributed by atoms with van der Waals surface area (Å²) in [6.07, 6.45) is 1.28. The third kappa shape index (κ3) is 4.81. The molecule has 0 bridgehead atoms. The van der Waals surface area contributed by atoms with Crippen molar-refractivity contribution in [3.8, 4) is 0 Å². The Morgan fingerprint density at radius 3 is 2.41 bits per heavy atom. The van der Waals surface area contributed by atoms with E-state index in [1.165, 1.54) is 16.4 Å². The molecule has 2 fully saturated rings. The number of urea groups is 1. The third-order valence-corrected chi connectivity index (χ3v) is 7.27. The number of amides is 5. The molecule has 2 saturated heterocycles. The van der Waals surface area contributed by atoms with Crippen LogP contribution in [0.4, 0.5) is 10.5 Å². The minimum absolute atomic E-state index is 0.0476. The molecule has 0 saturated carbocycles. The molecule has 0 aromatic heterocycles. The van der Waals surface area contributed by atoms with Crippen molar-refractivity contribution in [2.75, 3.05) is 44.7 Å². The molecular formula is C20H26N4O7S.